The van der Waals surface area contributed by atoms with E-state index in [9.17, 15) is 19.1 Å². The van der Waals surface area contributed by atoms with Gasteiger partial charge in [-0.05, 0) is 25.8 Å². The van der Waals surface area contributed by atoms with Crippen molar-refractivity contribution in [3.05, 3.63) is 39.4 Å². The normalized spacial score (nSPS) is 19.3. The van der Waals surface area contributed by atoms with E-state index >= 15 is 0 Å². The maximum absolute atomic E-state index is 15.0. The van der Waals surface area contributed by atoms with Gasteiger partial charge in [-0.3, -0.25) is 4.79 Å². The summed E-state index contributed by atoms with van der Waals surface area (Å²) in [4.78, 5) is 26.0. The summed E-state index contributed by atoms with van der Waals surface area (Å²) < 4.78 is 16.8. The topological polar surface area (TPSA) is 74.6 Å². The van der Waals surface area contributed by atoms with Crippen LogP contribution in [0.5, 0.6) is 0 Å². The fourth-order valence-electron chi connectivity index (χ4n) is 4.02. The van der Waals surface area contributed by atoms with Crippen molar-refractivity contribution >= 4 is 39.5 Å². The first kappa shape index (κ1) is 18.8. The van der Waals surface area contributed by atoms with Crippen molar-refractivity contribution < 1.29 is 14.3 Å². The molecule has 1 aromatic carbocycles. The number of nitrogens with one attached hydrogen (secondary N) is 1. The van der Waals surface area contributed by atoms with E-state index in [1.165, 1.54) is 12.3 Å². The Morgan fingerprint density at radius 2 is 2.04 bits per heavy atom. The van der Waals surface area contributed by atoms with Gasteiger partial charge >= 0.3 is 5.97 Å². The monoisotopic (exact) mass is 425 g/mol. The molecule has 26 heavy (non-hydrogen) atoms. The van der Waals surface area contributed by atoms with E-state index in [0.717, 1.165) is 25.1 Å². The van der Waals surface area contributed by atoms with Crippen molar-refractivity contribution in [2.75, 3.05) is 31.1 Å². The summed E-state index contributed by atoms with van der Waals surface area (Å²) in [5.41, 5.74) is 1.16. The number of hydrogen-bond acceptors (Lipinski definition) is 4. The molecule has 1 aromatic heterocycles. The van der Waals surface area contributed by atoms with Crippen LogP contribution >= 0.6 is 17.0 Å². The van der Waals surface area contributed by atoms with Crippen molar-refractivity contribution in [2.24, 2.45) is 0 Å². The van der Waals surface area contributed by atoms with Crippen molar-refractivity contribution in [1.29, 1.82) is 0 Å². The second kappa shape index (κ2) is 7.00. The van der Waals surface area contributed by atoms with Crippen LogP contribution in [0.1, 0.15) is 35.3 Å². The van der Waals surface area contributed by atoms with Gasteiger partial charge in [0.25, 0.3) is 0 Å². The Morgan fingerprint density at radius 3 is 2.69 bits per heavy atom. The third kappa shape index (κ3) is 2.81. The highest BCUT2D eigenvalue weighted by Gasteiger charge is 2.28. The zero-order valence-electron chi connectivity index (χ0n) is 14.4. The van der Waals surface area contributed by atoms with Gasteiger partial charge in [-0.1, -0.05) is 0 Å². The largest absolute Gasteiger partial charge is 0.477 e. The number of carbonyl (C=O) groups is 1. The highest BCUT2D eigenvalue weighted by atomic mass is 79.9. The van der Waals surface area contributed by atoms with Gasteiger partial charge in [0.1, 0.15) is 11.4 Å². The van der Waals surface area contributed by atoms with Crippen LogP contribution in [-0.2, 0) is 6.42 Å². The summed E-state index contributed by atoms with van der Waals surface area (Å²) in [6.07, 6.45) is 2.88. The average Bonchev–Trinajstić information content (AvgIpc) is 2.60. The number of carboxylic acids is 1. The number of carboxylic acid groups (broad SMARTS) is 1. The molecule has 6 nitrogen and oxygen atoms in total. The Balaban J connectivity index is 0.00000196. The molecule has 8 heteroatoms. The number of aryl methyl sites for hydroxylation is 1. The zero-order valence-corrected chi connectivity index (χ0v) is 16.1. The molecule has 3 heterocycles. The molecule has 0 bridgehead atoms. The summed E-state index contributed by atoms with van der Waals surface area (Å²) in [5, 5.41) is 12.7. The van der Waals surface area contributed by atoms with E-state index in [1.54, 1.807) is 0 Å². The Bertz CT molecular complexity index is 938. The SMILES string of the molecule is Br.CC1CCc2c(N3CCNCC3)c(F)cc3c(=O)c(C(=O)O)cn1c23. The van der Waals surface area contributed by atoms with E-state index in [4.69, 9.17) is 0 Å². The van der Waals surface area contributed by atoms with E-state index in [2.05, 4.69) is 5.32 Å². The Morgan fingerprint density at radius 1 is 1.35 bits per heavy atom. The quantitative estimate of drug-likeness (QED) is 0.772. The molecular weight excluding hydrogens is 405 g/mol. The lowest BCUT2D eigenvalue weighted by molar-refractivity contribution is 0.0694. The fraction of sp³-hybridized carbons (Fsp3) is 0.444. The summed E-state index contributed by atoms with van der Waals surface area (Å²) in [5.74, 6) is -1.72. The average molecular weight is 426 g/mol. The van der Waals surface area contributed by atoms with Gasteiger partial charge in [0, 0.05) is 49.4 Å². The van der Waals surface area contributed by atoms with Crippen LogP contribution in [0, 0.1) is 5.82 Å². The predicted molar refractivity (Wildman–Crippen MR) is 104 cm³/mol. The molecule has 2 N–H and O–H groups in total. The number of nitrogens with zero attached hydrogens (tertiary/aromatic N) is 2. The second-order valence-electron chi connectivity index (χ2n) is 6.79. The van der Waals surface area contributed by atoms with Crippen LogP contribution in [0.4, 0.5) is 10.1 Å². The maximum Gasteiger partial charge on any atom is 0.341 e. The van der Waals surface area contributed by atoms with Gasteiger partial charge in [-0.2, -0.15) is 0 Å². The van der Waals surface area contributed by atoms with Crippen molar-refractivity contribution in [3.63, 3.8) is 0 Å². The third-order valence-electron chi connectivity index (χ3n) is 5.29. The second-order valence-corrected chi connectivity index (χ2v) is 6.79. The lowest BCUT2D eigenvalue weighted by atomic mass is 9.93. The van der Waals surface area contributed by atoms with Crippen LogP contribution in [-0.4, -0.2) is 41.8 Å². The molecule has 2 aliphatic heterocycles. The number of halogens is 2. The van der Waals surface area contributed by atoms with Crippen LogP contribution in [0.3, 0.4) is 0 Å². The number of benzene rings is 1. The van der Waals surface area contributed by atoms with Gasteiger partial charge in [-0.15, -0.1) is 17.0 Å². The number of aromatic carboxylic acids is 1. The molecule has 1 saturated heterocycles. The molecule has 1 atom stereocenters. The lowest BCUT2D eigenvalue weighted by Crippen LogP contribution is -2.44. The lowest BCUT2D eigenvalue weighted by Gasteiger charge is -2.35. The molecule has 1 unspecified atom stereocenters. The maximum atomic E-state index is 15.0. The first-order valence-corrected chi connectivity index (χ1v) is 8.58. The van der Waals surface area contributed by atoms with E-state index in [0.29, 0.717) is 30.7 Å². The summed E-state index contributed by atoms with van der Waals surface area (Å²) >= 11 is 0. The van der Waals surface area contributed by atoms with Gasteiger partial charge in [0.05, 0.1) is 11.2 Å². The molecule has 4 rings (SSSR count). The number of pyridine rings is 1. The van der Waals surface area contributed by atoms with Gasteiger partial charge in [-0.25, -0.2) is 9.18 Å². The molecule has 0 radical (unpaired) electrons. The molecule has 2 aromatic rings. The number of piperazine rings is 1. The summed E-state index contributed by atoms with van der Waals surface area (Å²) in [6.45, 7) is 4.99. The molecular formula is C18H21BrFN3O3. The van der Waals surface area contributed by atoms with Crippen LogP contribution < -0.4 is 15.6 Å². The van der Waals surface area contributed by atoms with E-state index < -0.39 is 17.2 Å². The smallest absolute Gasteiger partial charge is 0.341 e. The Labute approximate surface area is 160 Å². The third-order valence-corrected chi connectivity index (χ3v) is 5.29. The first-order valence-electron chi connectivity index (χ1n) is 8.58. The first-order chi connectivity index (χ1) is 12.0. The van der Waals surface area contributed by atoms with Crippen molar-refractivity contribution in [1.82, 2.24) is 9.88 Å². The minimum absolute atomic E-state index is 0. The van der Waals surface area contributed by atoms with Crippen LogP contribution in [0.2, 0.25) is 0 Å². The summed E-state index contributed by atoms with van der Waals surface area (Å²) in [6, 6.07) is 1.29. The molecule has 2 aliphatic rings. The molecule has 140 valence electrons. The highest BCUT2D eigenvalue weighted by Crippen LogP contribution is 2.38. The van der Waals surface area contributed by atoms with Crippen molar-refractivity contribution in [2.45, 2.75) is 25.8 Å². The molecule has 0 saturated carbocycles. The summed E-state index contributed by atoms with van der Waals surface area (Å²) in [7, 11) is 0. The number of anilines is 1. The van der Waals surface area contributed by atoms with E-state index in [1.807, 2.05) is 16.4 Å². The van der Waals surface area contributed by atoms with Crippen LogP contribution in [0.15, 0.2) is 17.1 Å². The minimum atomic E-state index is -1.28. The fourth-order valence-corrected chi connectivity index (χ4v) is 4.02. The Kier molecular flexibility index (Phi) is 5.07. The molecule has 1 fully saturated rings. The molecule has 0 amide bonds. The van der Waals surface area contributed by atoms with Crippen LogP contribution in [0.25, 0.3) is 10.9 Å². The van der Waals surface area contributed by atoms with Gasteiger partial charge in [0.2, 0.25) is 5.43 Å². The minimum Gasteiger partial charge on any atom is -0.477 e. The zero-order chi connectivity index (χ0) is 17.7. The Hall–Kier alpha value is -1.93. The number of rotatable bonds is 2. The number of aromatic nitrogens is 1. The van der Waals surface area contributed by atoms with E-state index in [-0.39, 0.29) is 34.0 Å². The highest BCUT2D eigenvalue weighted by molar-refractivity contribution is 8.93. The van der Waals surface area contributed by atoms with Gasteiger partial charge < -0.3 is 19.9 Å². The predicted octanol–water partition coefficient (Wildman–Crippen LogP) is 2.33. The molecule has 0 spiro atoms. The van der Waals surface area contributed by atoms with Gasteiger partial charge in [0.15, 0.2) is 0 Å². The standard InChI is InChI=1S/C18H20FN3O3.BrH/c1-10-2-3-11-15-12(17(23)13(18(24)25)9-22(10)15)8-14(19)16(11)21-6-4-20-5-7-21;/h8-10,20H,2-7H2,1H3,(H,24,25);1H. The number of hydrogen-bond donors (Lipinski definition) is 2. The molecule has 0 aliphatic carbocycles. The van der Waals surface area contributed by atoms with Crippen molar-refractivity contribution in [3.8, 4) is 0 Å².